The number of aromatic nitrogens is 1. The van der Waals surface area contributed by atoms with Gasteiger partial charge < -0.3 is 14.6 Å². The maximum Gasteiger partial charge on any atom is 0.267 e. The number of hydrogen-bond donors (Lipinski definition) is 2. The zero-order chi connectivity index (χ0) is 16.0. The van der Waals surface area contributed by atoms with E-state index in [1.807, 2.05) is 13.8 Å². The van der Waals surface area contributed by atoms with E-state index >= 15 is 0 Å². The first kappa shape index (κ1) is 17.7. The summed E-state index contributed by atoms with van der Waals surface area (Å²) in [6.45, 7) is 4.95. The van der Waals surface area contributed by atoms with Crippen molar-refractivity contribution in [3.8, 4) is 0 Å². The molecule has 0 spiro atoms. The third kappa shape index (κ3) is 5.14. The maximum atomic E-state index is 12.0. The van der Waals surface area contributed by atoms with Crippen LogP contribution in [0.3, 0.4) is 0 Å². The Kier molecular flexibility index (Phi) is 6.38. The Labute approximate surface area is 125 Å². The summed E-state index contributed by atoms with van der Waals surface area (Å²) in [5.41, 5.74) is 0.300. The van der Waals surface area contributed by atoms with Gasteiger partial charge in [-0.3, -0.25) is 4.79 Å². The van der Waals surface area contributed by atoms with E-state index in [-0.39, 0.29) is 16.9 Å². The fraction of sp³-hybridized carbons (Fsp3) is 0.615. The van der Waals surface area contributed by atoms with Gasteiger partial charge >= 0.3 is 0 Å². The minimum absolute atomic E-state index is 0.0702. The van der Waals surface area contributed by atoms with Crippen LogP contribution < -0.4 is 10.0 Å². The highest BCUT2D eigenvalue weighted by Crippen LogP contribution is 2.12. The normalized spacial score (nSPS) is 11.9. The Morgan fingerprint density at radius 1 is 1.43 bits per heavy atom. The number of rotatable bonds is 8. The second kappa shape index (κ2) is 7.58. The van der Waals surface area contributed by atoms with Gasteiger partial charge in [-0.1, -0.05) is 0 Å². The van der Waals surface area contributed by atoms with Gasteiger partial charge in [0.2, 0.25) is 10.0 Å². The topological polar surface area (TPSA) is 89.4 Å². The number of carbonyl (C=O) groups is 1. The molecule has 0 unspecified atom stereocenters. The molecule has 1 rings (SSSR count). The zero-order valence-corrected chi connectivity index (χ0v) is 13.7. The maximum absolute atomic E-state index is 12.0. The number of nitrogens with one attached hydrogen (secondary N) is 2. The van der Waals surface area contributed by atoms with Crippen LogP contribution in [0, 0.1) is 0 Å². The van der Waals surface area contributed by atoms with Crippen molar-refractivity contribution >= 4 is 15.9 Å². The molecule has 0 atom stereocenters. The van der Waals surface area contributed by atoms with Crippen molar-refractivity contribution in [2.75, 3.05) is 20.2 Å². The predicted octanol–water partition coefficient (Wildman–Crippen LogP) is 0.478. The molecule has 0 aliphatic rings. The summed E-state index contributed by atoms with van der Waals surface area (Å²) in [5, 5.41) is 2.74. The molecule has 1 aromatic rings. The molecule has 2 N–H and O–H groups in total. The number of hydrogen-bond acceptors (Lipinski definition) is 4. The molecule has 0 fully saturated rings. The first-order valence-corrected chi connectivity index (χ1v) is 8.26. The molecule has 0 saturated heterocycles. The van der Waals surface area contributed by atoms with Crippen molar-refractivity contribution in [1.29, 1.82) is 0 Å². The molecule has 0 radical (unpaired) electrons. The van der Waals surface area contributed by atoms with E-state index in [4.69, 9.17) is 4.74 Å². The third-order valence-corrected chi connectivity index (χ3v) is 4.23. The summed E-state index contributed by atoms with van der Waals surface area (Å²) in [6.07, 6.45) is 2.28. The van der Waals surface area contributed by atoms with Crippen molar-refractivity contribution in [1.82, 2.24) is 14.6 Å². The largest absolute Gasteiger partial charge is 0.379 e. The lowest BCUT2D eigenvalue weighted by Crippen LogP contribution is -2.27. The molecule has 0 aromatic carbocycles. The van der Waals surface area contributed by atoms with Crippen molar-refractivity contribution in [2.24, 2.45) is 7.05 Å². The molecule has 0 bridgehead atoms. The lowest BCUT2D eigenvalue weighted by molar-refractivity contribution is 0.0756. The molecule has 8 heteroatoms. The first-order valence-electron chi connectivity index (χ1n) is 6.77. The SMILES string of the molecule is CNS(=O)(=O)c1cc(C(=O)NCCCOC(C)C)n(C)c1. The standard InChI is InChI=1S/C13H23N3O4S/c1-10(2)20-7-5-6-15-13(17)12-8-11(9-16(12)4)21(18,19)14-3/h8-10,14H,5-7H2,1-4H3,(H,15,17). The Hall–Kier alpha value is -1.38. The molecule has 0 aliphatic carbocycles. The summed E-state index contributed by atoms with van der Waals surface area (Å²) in [7, 11) is -0.582. The van der Waals surface area contributed by atoms with Gasteiger partial charge in [0.25, 0.3) is 5.91 Å². The third-order valence-electron chi connectivity index (χ3n) is 2.85. The van der Waals surface area contributed by atoms with E-state index in [2.05, 4.69) is 10.0 Å². The quantitative estimate of drug-likeness (QED) is 0.682. The van der Waals surface area contributed by atoms with Crippen molar-refractivity contribution in [2.45, 2.75) is 31.3 Å². The molecule has 0 aliphatic heterocycles. The number of carbonyl (C=O) groups excluding carboxylic acids is 1. The van der Waals surface area contributed by atoms with Crippen molar-refractivity contribution in [3.63, 3.8) is 0 Å². The monoisotopic (exact) mass is 317 g/mol. The highest BCUT2D eigenvalue weighted by Gasteiger charge is 2.18. The molecule has 120 valence electrons. The van der Waals surface area contributed by atoms with Crippen LogP contribution in [0.4, 0.5) is 0 Å². The summed E-state index contributed by atoms with van der Waals surface area (Å²) >= 11 is 0. The Morgan fingerprint density at radius 2 is 2.10 bits per heavy atom. The molecule has 21 heavy (non-hydrogen) atoms. The van der Waals surface area contributed by atoms with Crippen LogP contribution >= 0.6 is 0 Å². The predicted molar refractivity (Wildman–Crippen MR) is 79.7 cm³/mol. The number of ether oxygens (including phenoxy) is 1. The van der Waals surface area contributed by atoms with Crippen LogP contribution in [0.5, 0.6) is 0 Å². The number of aryl methyl sites for hydroxylation is 1. The van der Waals surface area contributed by atoms with Crippen molar-refractivity contribution < 1.29 is 17.9 Å². The lowest BCUT2D eigenvalue weighted by atomic mass is 10.3. The molecular formula is C13H23N3O4S. The minimum atomic E-state index is -3.54. The van der Waals surface area contributed by atoms with E-state index in [1.165, 1.54) is 23.9 Å². The second-order valence-electron chi connectivity index (χ2n) is 4.91. The van der Waals surface area contributed by atoms with E-state index in [9.17, 15) is 13.2 Å². The van der Waals surface area contributed by atoms with Gasteiger partial charge in [0, 0.05) is 26.4 Å². The van der Waals surface area contributed by atoms with Gasteiger partial charge in [-0.25, -0.2) is 13.1 Å². The number of nitrogens with zero attached hydrogens (tertiary/aromatic N) is 1. The van der Waals surface area contributed by atoms with E-state index in [1.54, 1.807) is 7.05 Å². The van der Waals surface area contributed by atoms with E-state index < -0.39 is 10.0 Å². The van der Waals surface area contributed by atoms with Gasteiger partial charge in [-0.2, -0.15) is 0 Å². The molecular weight excluding hydrogens is 294 g/mol. The van der Waals surface area contributed by atoms with Crippen LogP contribution in [0.2, 0.25) is 0 Å². The van der Waals surface area contributed by atoms with Gasteiger partial charge in [0.15, 0.2) is 0 Å². The van der Waals surface area contributed by atoms with Crippen LogP contribution in [0.25, 0.3) is 0 Å². The van der Waals surface area contributed by atoms with Crippen LogP contribution in [0.1, 0.15) is 30.8 Å². The highest BCUT2D eigenvalue weighted by atomic mass is 32.2. The fourth-order valence-electron chi connectivity index (χ4n) is 1.71. The average molecular weight is 317 g/mol. The number of amides is 1. The van der Waals surface area contributed by atoms with Gasteiger partial charge in [0.05, 0.1) is 6.10 Å². The number of sulfonamides is 1. The summed E-state index contributed by atoms with van der Waals surface area (Å²) < 4.78 is 32.4. The molecule has 1 aromatic heterocycles. The molecule has 1 heterocycles. The zero-order valence-electron chi connectivity index (χ0n) is 12.8. The summed E-state index contributed by atoms with van der Waals surface area (Å²) in [6, 6.07) is 1.35. The van der Waals surface area contributed by atoms with E-state index in [0.717, 1.165) is 0 Å². The van der Waals surface area contributed by atoms with Gasteiger partial charge in [-0.15, -0.1) is 0 Å². The fourth-order valence-corrected chi connectivity index (χ4v) is 2.51. The second-order valence-corrected chi connectivity index (χ2v) is 6.80. The Balaban J connectivity index is 2.59. The Bertz CT molecular complexity index is 578. The lowest BCUT2D eigenvalue weighted by Gasteiger charge is -2.08. The van der Waals surface area contributed by atoms with Crippen molar-refractivity contribution in [3.05, 3.63) is 18.0 Å². The summed E-state index contributed by atoms with van der Waals surface area (Å²) in [5.74, 6) is -0.306. The minimum Gasteiger partial charge on any atom is -0.379 e. The average Bonchev–Trinajstić information content (AvgIpc) is 2.80. The molecule has 0 saturated carbocycles. The van der Waals surface area contributed by atoms with Crippen LogP contribution in [-0.4, -0.2) is 45.2 Å². The highest BCUT2D eigenvalue weighted by molar-refractivity contribution is 7.89. The van der Waals surface area contributed by atoms with Gasteiger partial charge in [-0.05, 0) is 33.4 Å². The van der Waals surface area contributed by atoms with Crippen LogP contribution in [-0.2, 0) is 21.8 Å². The molecule has 7 nitrogen and oxygen atoms in total. The van der Waals surface area contributed by atoms with E-state index in [0.29, 0.717) is 25.3 Å². The summed E-state index contributed by atoms with van der Waals surface area (Å²) in [4.78, 5) is 12.1. The molecule has 1 amide bonds. The Morgan fingerprint density at radius 3 is 2.67 bits per heavy atom. The smallest absolute Gasteiger partial charge is 0.267 e. The first-order chi connectivity index (χ1) is 9.77. The van der Waals surface area contributed by atoms with Gasteiger partial charge in [0.1, 0.15) is 10.6 Å². The van der Waals surface area contributed by atoms with Crippen LogP contribution in [0.15, 0.2) is 17.2 Å².